The highest BCUT2D eigenvalue weighted by Gasteiger charge is 2.02. The molecule has 21 heavy (non-hydrogen) atoms. The van der Waals surface area contributed by atoms with Crippen molar-refractivity contribution in [2.24, 2.45) is 0 Å². The van der Waals surface area contributed by atoms with Crippen molar-refractivity contribution in [2.45, 2.75) is 32.6 Å². The van der Waals surface area contributed by atoms with Crippen molar-refractivity contribution in [1.29, 1.82) is 0 Å². The van der Waals surface area contributed by atoms with Crippen LogP contribution in [0, 0.1) is 6.92 Å². The van der Waals surface area contributed by atoms with E-state index in [2.05, 4.69) is 31.3 Å². The Hall–Kier alpha value is -1.14. The van der Waals surface area contributed by atoms with Crippen molar-refractivity contribution >= 4 is 44.9 Å². The molecule has 2 N–H and O–H groups in total. The Balaban J connectivity index is 2.18. The zero-order valence-corrected chi connectivity index (χ0v) is 14.8. The number of anilines is 1. The number of ether oxygens (including phenoxy) is 1. The summed E-state index contributed by atoms with van der Waals surface area (Å²) in [6.45, 7) is 2.82. The fourth-order valence-corrected chi connectivity index (χ4v) is 2.50. The molecule has 0 aliphatic carbocycles. The zero-order valence-electron chi connectivity index (χ0n) is 12.4. The Bertz CT molecular complexity index is 495. The van der Waals surface area contributed by atoms with Gasteiger partial charge in [0.1, 0.15) is 0 Å². The predicted octanol–water partition coefficient (Wildman–Crippen LogP) is 3.78. The first-order valence-corrected chi connectivity index (χ1v) is 8.11. The second-order valence-corrected chi connectivity index (χ2v) is 6.05. The van der Waals surface area contributed by atoms with Crippen molar-refractivity contribution in [3.8, 4) is 0 Å². The lowest BCUT2D eigenvalue weighted by Crippen LogP contribution is -2.29. The first-order valence-electron chi connectivity index (χ1n) is 6.90. The van der Waals surface area contributed by atoms with E-state index >= 15 is 0 Å². The fourth-order valence-electron chi connectivity index (χ4n) is 1.81. The van der Waals surface area contributed by atoms with Crippen LogP contribution in [-0.4, -0.2) is 24.7 Å². The van der Waals surface area contributed by atoms with Crippen LogP contribution in [0.15, 0.2) is 22.7 Å². The monoisotopic (exact) mass is 372 g/mol. The average Bonchev–Trinajstić information content (AvgIpc) is 2.45. The summed E-state index contributed by atoms with van der Waals surface area (Å²) in [5, 5.41) is 6.97. The molecule has 0 aliphatic heterocycles. The molecular weight excluding hydrogens is 352 g/mol. The normalized spacial score (nSPS) is 10.0. The predicted molar refractivity (Wildman–Crippen MR) is 93.6 cm³/mol. The number of rotatable bonds is 7. The van der Waals surface area contributed by atoms with E-state index in [0.29, 0.717) is 11.5 Å². The molecule has 4 nitrogen and oxygen atoms in total. The van der Waals surface area contributed by atoms with Gasteiger partial charge in [0.05, 0.1) is 7.11 Å². The molecule has 0 saturated heterocycles. The number of hydrogen-bond donors (Lipinski definition) is 2. The average molecular weight is 373 g/mol. The summed E-state index contributed by atoms with van der Waals surface area (Å²) in [6.07, 6.45) is 3.28. The Kier molecular flexibility index (Phi) is 8.30. The van der Waals surface area contributed by atoms with E-state index in [9.17, 15) is 4.79 Å². The van der Waals surface area contributed by atoms with E-state index in [0.717, 1.165) is 41.5 Å². The minimum Gasteiger partial charge on any atom is -0.469 e. The summed E-state index contributed by atoms with van der Waals surface area (Å²) in [4.78, 5) is 10.9. The van der Waals surface area contributed by atoms with Gasteiger partial charge in [-0.15, -0.1) is 0 Å². The van der Waals surface area contributed by atoms with Gasteiger partial charge in [0.15, 0.2) is 5.11 Å². The largest absolute Gasteiger partial charge is 0.469 e. The van der Waals surface area contributed by atoms with Crippen LogP contribution < -0.4 is 10.6 Å². The van der Waals surface area contributed by atoms with Gasteiger partial charge in [-0.05, 0) is 55.7 Å². The number of aryl methyl sites for hydroxylation is 1. The van der Waals surface area contributed by atoms with E-state index < -0.39 is 0 Å². The zero-order chi connectivity index (χ0) is 15.7. The second-order valence-electron chi connectivity index (χ2n) is 4.73. The maximum atomic E-state index is 10.9. The number of carbonyl (C=O) groups is 1. The summed E-state index contributed by atoms with van der Waals surface area (Å²) < 4.78 is 5.64. The summed E-state index contributed by atoms with van der Waals surface area (Å²) in [7, 11) is 1.41. The molecule has 0 aromatic heterocycles. The van der Waals surface area contributed by atoms with Crippen molar-refractivity contribution in [2.75, 3.05) is 19.0 Å². The SMILES string of the molecule is COC(=O)CCCCCNC(=S)Nc1ccc(Br)cc1C. The number of halogens is 1. The number of thiocarbonyl (C=S) groups is 1. The van der Waals surface area contributed by atoms with Gasteiger partial charge in [-0.1, -0.05) is 22.4 Å². The highest BCUT2D eigenvalue weighted by atomic mass is 79.9. The van der Waals surface area contributed by atoms with Crippen LogP contribution in [-0.2, 0) is 9.53 Å². The highest BCUT2D eigenvalue weighted by Crippen LogP contribution is 2.19. The van der Waals surface area contributed by atoms with Gasteiger partial charge in [-0.3, -0.25) is 4.79 Å². The van der Waals surface area contributed by atoms with Crippen LogP contribution in [0.4, 0.5) is 5.69 Å². The molecule has 0 amide bonds. The topological polar surface area (TPSA) is 50.4 Å². The molecule has 0 saturated carbocycles. The van der Waals surface area contributed by atoms with Gasteiger partial charge in [-0.2, -0.15) is 0 Å². The van der Waals surface area contributed by atoms with E-state index in [1.807, 2.05) is 25.1 Å². The van der Waals surface area contributed by atoms with Gasteiger partial charge >= 0.3 is 5.97 Å². The van der Waals surface area contributed by atoms with Crippen molar-refractivity contribution in [3.05, 3.63) is 28.2 Å². The highest BCUT2D eigenvalue weighted by molar-refractivity contribution is 9.10. The van der Waals surface area contributed by atoms with Gasteiger partial charge < -0.3 is 15.4 Å². The molecular formula is C15H21BrN2O2S. The van der Waals surface area contributed by atoms with E-state index in [-0.39, 0.29) is 5.97 Å². The molecule has 0 heterocycles. The first kappa shape index (κ1) is 17.9. The van der Waals surface area contributed by atoms with Gasteiger partial charge in [0, 0.05) is 23.1 Å². The smallest absolute Gasteiger partial charge is 0.305 e. The summed E-state index contributed by atoms with van der Waals surface area (Å²) in [6, 6.07) is 6.01. The molecule has 116 valence electrons. The van der Waals surface area contributed by atoms with Gasteiger partial charge in [0.25, 0.3) is 0 Å². The minimum absolute atomic E-state index is 0.147. The molecule has 1 aromatic carbocycles. The second kappa shape index (κ2) is 9.73. The lowest BCUT2D eigenvalue weighted by atomic mass is 10.2. The fraction of sp³-hybridized carbons (Fsp3) is 0.467. The Morgan fingerprint density at radius 1 is 1.33 bits per heavy atom. The van der Waals surface area contributed by atoms with Crippen LogP contribution in [0.3, 0.4) is 0 Å². The van der Waals surface area contributed by atoms with Crippen molar-refractivity contribution in [1.82, 2.24) is 5.32 Å². The number of unbranched alkanes of at least 4 members (excludes halogenated alkanes) is 2. The Morgan fingerprint density at radius 2 is 2.10 bits per heavy atom. The number of nitrogens with one attached hydrogen (secondary N) is 2. The summed E-state index contributed by atoms with van der Waals surface area (Å²) >= 11 is 8.69. The third kappa shape index (κ3) is 7.43. The lowest BCUT2D eigenvalue weighted by Gasteiger charge is -2.12. The molecule has 1 aromatic rings. The number of methoxy groups -OCH3 is 1. The third-order valence-electron chi connectivity index (χ3n) is 3.01. The Morgan fingerprint density at radius 3 is 2.76 bits per heavy atom. The number of esters is 1. The number of hydrogen-bond acceptors (Lipinski definition) is 3. The van der Waals surface area contributed by atoms with Crippen molar-refractivity contribution < 1.29 is 9.53 Å². The Labute approximate surface area is 139 Å². The van der Waals surface area contributed by atoms with Crippen LogP contribution in [0.5, 0.6) is 0 Å². The first-order chi connectivity index (χ1) is 10.0. The standard InChI is InChI=1S/C15H21BrN2O2S/c1-11-10-12(16)7-8-13(11)18-15(21)17-9-5-3-4-6-14(19)20-2/h7-8,10H,3-6,9H2,1-2H3,(H2,17,18,21). The molecule has 6 heteroatoms. The van der Waals surface area contributed by atoms with E-state index in [1.54, 1.807) is 0 Å². The molecule has 0 radical (unpaired) electrons. The van der Waals surface area contributed by atoms with Crippen LogP contribution in [0.2, 0.25) is 0 Å². The number of benzene rings is 1. The van der Waals surface area contributed by atoms with E-state index in [4.69, 9.17) is 12.2 Å². The van der Waals surface area contributed by atoms with Crippen molar-refractivity contribution in [3.63, 3.8) is 0 Å². The minimum atomic E-state index is -0.147. The maximum absolute atomic E-state index is 10.9. The molecule has 0 bridgehead atoms. The summed E-state index contributed by atoms with van der Waals surface area (Å²) in [5.41, 5.74) is 2.13. The van der Waals surface area contributed by atoms with Crippen LogP contribution in [0.1, 0.15) is 31.2 Å². The summed E-state index contributed by atoms with van der Waals surface area (Å²) in [5.74, 6) is -0.147. The quantitative estimate of drug-likeness (QED) is 0.433. The van der Waals surface area contributed by atoms with Crippen LogP contribution in [0.25, 0.3) is 0 Å². The van der Waals surface area contributed by atoms with Gasteiger partial charge in [0.2, 0.25) is 0 Å². The van der Waals surface area contributed by atoms with E-state index in [1.165, 1.54) is 7.11 Å². The molecule has 0 atom stereocenters. The number of carbonyl (C=O) groups excluding carboxylic acids is 1. The van der Waals surface area contributed by atoms with Crippen LogP contribution >= 0.6 is 28.1 Å². The molecule has 1 rings (SSSR count). The molecule has 0 spiro atoms. The third-order valence-corrected chi connectivity index (χ3v) is 3.75. The molecule has 0 fully saturated rings. The maximum Gasteiger partial charge on any atom is 0.305 e. The lowest BCUT2D eigenvalue weighted by molar-refractivity contribution is -0.140. The molecule has 0 aliphatic rings. The van der Waals surface area contributed by atoms with Gasteiger partial charge in [-0.25, -0.2) is 0 Å². The molecule has 0 unspecified atom stereocenters.